The maximum Gasteiger partial charge on any atom is 0.264 e. The highest BCUT2D eigenvalue weighted by atomic mass is 35.5. The Bertz CT molecular complexity index is 1430. The van der Waals surface area contributed by atoms with Gasteiger partial charge in [-0.05, 0) is 56.5 Å². The number of anilines is 1. The number of carbonyl (C=O) groups is 2. The normalized spacial score (nSPS) is 14.8. The molecule has 1 saturated carbocycles. The third-order valence-electron chi connectivity index (χ3n) is 7.29. The number of halogens is 1. The molecule has 40 heavy (non-hydrogen) atoms. The number of carbonyl (C=O) groups excluding carboxylic acids is 2. The van der Waals surface area contributed by atoms with Crippen LogP contribution in [0.1, 0.15) is 50.2 Å². The number of hydrogen-bond acceptors (Lipinski definition) is 4. The number of nitrogens with zero attached hydrogens (tertiary/aromatic N) is 2. The summed E-state index contributed by atoms with van der Waals surface area (Å²) in [5.41, 5.74) is 2.06. The number of amides is 2. The zero-order chi connectivity index (χ0) is 28.7. The molecule has 0 bridgehead atoms. The van der Waals surface area contributed by atoms with Crippen LogP contribution in [0.25, 0.3) is 0 Å². The molecule has 0 saturated heterocycles. The van der Waals surface area contributed by atoms with Gasteiger partial charge in [-0.25, -0.2) is 8.42 Å². The molecule has 0 spiro atoms. The average molecular weight is 582 g/mol. The van der Waals surface area contributed by atoms with Crippen molar-refractivity contribution in [2.45, 2.75) is 69.5 Å². The van der Waals surface area contributed by atoms with Gasteiger partial charge in [-0.2, -0.15) is 0 Å². The van der Waals surface area contributed by atoms with E-state index in [1.165, 1.54) is 17.0 Å². The summed E-state index contributed by atoms with van der Waals surface area (Å²) in [6.45, 7) is 3.28. The van der Waals surface area contributed by atoms with E-state index in [0.717, 1.165) is 47.5 Å². The average Bonchev–Trinajstić information content (AvgIpc) is 2.95. The van der Waals surface area contributed by atoms with Gasteiger partial charge >= 0.3 is 0 Å². The second kappa shape index (κ2) is 13.3. The minimum absolute atomic E-state index is 0.0380. The molecule has 1 fully saturated rings. The number of nitrogens with one attached hydrogen (secondary N) is 1. The second-order valence-corrected chi connectivity index (χ2v) is 12.6. The van der Waals surface area contributed by atoms with E-state index in [-0.39, 0.29) is 34.1 Å². The Hall–Kier alpha value is -3.36. The summed E-state index contributed by atoms with van der Waals surface area (Å²) in [5, 5.41) is 3.31. The van der Waals surface area contributed by atoms with Gasteiger partial charge in [0.2, 0.25) is 11.8 Å². The fraction of sp³-hybridized carbons (Fsp3) is 0.355. The topological polar surface area (TPSA) is 86.8 Å². The van der Waals surface area contributed by atoms with Crippen molar-refractivity contribution in [1.29, 1.82) is 0 Å². The summed E-state index contributed by atoms with van der Waals surface area (Å²) in [6, 6.07) is 21.4. The van der Waals surface area contributed by atoms with Gasteiger partial charge in [0.15, 0.2) is 0 Å². The van der Waals surface area contributed by atoms with E-state index in [1.807, 2.05) is 31.2 Å². The van der Waals surface area contributed by atoms with Crippen molar-refractivity contribution in [3.8, 4) is 0 Å². The molecule has 1 N–H and O–H groups in total. The first kappa shape index (κ1) is 29.6. The summed E-state index contributed by atoms with van der Waals surface area (Å²) >= 11 is 6.45. The minimum atomic E-state index is -4.15. The molecule has 1 aliphatic carbocycles. The van der Waals surface area contributed by atoms with E-state index >= 15 is 0 Å². The lowest BCUT2D eigenvalue weighted by Gasteiger charge is -2.33. The van der Waals surface area contributed by atoms with Gasteiger partial charge in [-0.3, -0.25) is 13.9 Å². The first-order chi connectivity index (χ1) is 19.2. The monoisotopic (exact) mass is 581 g/mol. The molecule has 3 aromatic rings. The van der Waals surface area contributed by atoms with Crippen LogP contribution in [-0.4, -0.2) is 43.8 Å². The van der Waals surface area contributed by atoms with E-state index in [4.69, 9.17) is 11.6 Å². The molecule has 2 amide bonds. The van der Waals surface area contributed by atoms with Crippen molar-refractivity contribution in [2.75, 3.05) is 10.8 Å². The molecule has 1 atom stereocenters. The molecule has 7 nitrogen and oxygen atoms in total. The van der Waals surface area contributed by atoms with Crippen LogP contribution < -0.4 is 9.62 Å². The molecule has 0 heterocycles. The molecule has 1 unspecified atom stereocenters. The van der Waals surface area contributed by atoms with Crippen molar-refractivity contribution in [3.63, 3.8) is 0 Å². The highest BCUT2D eigenvalue weighted by Crippen LogP contribution is 2.30. The molecule has 212 valence electrons. The first-order valence-electron chi connectivity index (χ1n) is 13.6. The van der Waals surface area contributed by atoms with Crippen LogP contribution in [0.2, 0.25) is 5.02 Å². The third kappa shape index (κ3) is 7.23. The Morgan fingerprint density at radius 3 is 2.30 bits per heavy atom. The molecule has 4 rings (SSSR count). The fourth-order valence-corrected chi connectivity index (χ4v) is 6.79. The molecular weight excluding hydrogens is 546 g/mol. The van der Waals surface area contributed by atoms with Gasteiger partial charge < -0.3 is 10.2 Å². The van der Waals surface area contributed by atoms with Crippen molar-refractivity contribution in [1.82, 2.24) is 10.2 Å². The Kier molecular flexibility index (Phi) is 9.87. The van der Waals surface area contributed by atoms with Crippen molar-refractivity contribution >= 4 is 39.1 Å². The lowest BCUT2D eigenvalue weighted by molar-refractivity contribution is -0.139. The van der Waals surface area contributed by atoms with Gasteiger partial charge in [0.25, 0.3) is 10.0 Å². The standard InChI is InChI=1S/C31H36ClN3O4S/c1-23-12-11-13-25(20-23)21-34(24(2)31(37)33-26-14-5-3-6-15-26)30(36)22-35(29-19-10-9-18-28(29)32)40(38,39)27-16-7-4-8-17-27/h4,7-13,16-20,24,26H,3,5-6,14-15,21-22H2,1-2H3,(H,33,37). The predicted molar refractivity (Wildman–Crippen MR) is 159 cm³/mol. The highest BCUT2D eigenvalue weighted by Gasteiger charge is 2.33. The molecule has 0 radical (unpaired) electrons. The summed E-state index contributed by atoms with van der Waals surface area (Å²) in [5.74, 6) is -0.754. The SMILES string of the molecule is Cc1cccc(CN(C(=O)CN(c2ccccc2Cl)S(=O)(=O)c2ccccc2)C(C)C(=O)NC2CCCCC2)c1. The van der Waals surface area contributed by atoms with Crippen LogP contribution in [0.4, 0.5) is 5.69 Å². The smallest absolute Gasteiger partial charge is 0.264 e. The van der Waals surface area contributed by atoms with Gasteiger partial charge in [0.05, 0.1) is 15.6 Å². The Morgan fingerprint density at radius 1 is 0.950 bits per heavy atom. The lowest BCUT2D eigenvalue weighted by Crippen LogP contribution is -2.53. The zero-order valence-electron chi connectivity index (χ0n) is 22.9. The quantitative estimate of drug-likeness (QED) is 0.332. The van der Waals surface area contributed by atoms with E-state index in [2.05, 4.69) is 5.32 Å². The van der Waals surface area contributed by atoms with Gasteiger partial charge in [-0.15, -0.1) is 0 Å². The molecular formula is C31H36ClN3O4S. The third-order valence-corrected chi connectivity index (χ3v) is 9.38. The Balaban J connectivity index is 1.68. The van der Waals surface area contributed by atoms with Crippen LogP contribution in [0.3, 0.4) is 0 Å². The van der Waals surface area contributed by atoms with Gasteiger partial charge in [0.1, 0.15) is 12.6 Å². The Labute approximate surface area is 242 Å². The summed E-state index contributed by atoms with van der Waals surface area (Å²) in [7, 11) is -4.15. The molecule has 3 aromatic carbocycles. The van der Waals surface area contributed by atoms with Crippen LogP contribution in [0, 0.1) is 6.92 Å². The number of sulfonamides is 1. The number of aryl methyl sites for hydroxylation is 1. The highest BCUT2D eigenvalue weighted by molar-refractivity contribution is 7.92. The first-order valence-corrected chi connectivity index (χ1v) is 15.5. The van der Waals surface area contributed by atoms with Crippen LogP contribution in [0.15, 0.2) is 83.8 Å². The van der Waals surface area contributed by atoms with Crippen LogP contribution >= 0.6 is 11.6 Å². The number of hydrogen-bond donors (Lipinski definition) is 1. The molecule has 9 heteroatoms. The maximum absolute atomic E-state index is 14.0. The maximum atomic E-state index is 14.0. The van der Waals surface area contributed by atoms with Gasteiger partial charge in [-0.1, -0.05) is 91.0 Å². The van der Waals surface area contributed by atoms with Crippen LogP contribution in [0.5, 0.6) is 0 Å². The van der Waals surface area contributed by atoms with E-state index in [9.17, 15) is 18.0 Å². The lowest BCUT2D eigenvalue weighted by atomic mass is 9.95. The van der Waals surface area contributed by atoms with E-state index in [1.54, 1.807) is 49.4 Å². The molecule has 0 aromatic heterocycles. The van der Waals surface area contributed by atoms with Crippen molar-refractivity contribution in [2.24, 2.45) is 0 Å². The second-order valence-electron chi connectivity index (χ2n) is 10.3. The predicted octanol–water partition coefficient (Wildman–Crippen LogP) is 5.71. The molecule has 0 aliphatic heterocycles. The van der Waals surface area contributed by atoms with Crippen molar-refractivity contribution in [3.05, 3.63) is 95.0 Å². The minimum Gasteiger partial charge on any atom is -0.352 e. The fourth-order valence-electron chi connectivity index (χ4n) is 5.05. The van der Waals surface area contributed by atoms with Gasteiger partial charge in [0, 0.05) is 12.6 Å². The number of rotatable bonds is 10. The van der Waals surface area contributed by atoms with E-state index < -0.39 is 28.5 Å². The zero-order valence-corrected chi connectivity index (χ0v) is 24.5. The number of para-hydroxylation sites is 1. The largest absolute Gasteiger partial charge is 0.352 e. The summed E-state index contributed by atoms with van der Waals surface area (Å²) < 4.78 is 28.7. The van der Waals surface area contributed by atoms with Crippen molar-refractivity contribution < 1.29 is 18.0 Å². The van der Waals surface area contributed by atoms with Crippen LogP contribution in [-0.2, 0) is 26.2 Å². The molecule has 1 aliphatic rings. The van der Waals surface area contributed by atoms with E-state index in [0.29, 0.717) is 0 Å². The summed E-state index contributed by atoms with van der Waals surface area (Å²) in [6.07, 6.45) is 5.12. The number of benzene rings is 3. The summed E-state index contributed by atoms with van der Waals surface area (Å²) in [4.78, 5) is 28.9. The Morgan fingerprint density at radius 2 is 1.62 bits per heavy atom.